The SMILES string of the molecule is COc1ccc(CC(=O)NCCCC(N)=S)cc1OC. The fourth-order valence-corrected chi connectivity index (χ4v) is 1.87. The fraction of sp³-hybridized carbons (Fsp3) is 0.429. The predicted molar refractivity (Wildman–Crippen MR) is 82.3 cm³/mol. The van der Waals surface area contributed by atoms with Crippen LogP contribution in [0.5, 0.6) is 11.5 Å². The van der Waals surface area contributed by atoms with Gasteiger partial charge in [-0.2, -0.15) is 0 Å². The normalized spacial score (nSPS) is 9.90. The fourth-order valence-electron chi connectivity index (χ4n) is 1.73. The van der Waals surface area contributed by atoms with Crippen molar-refractivity contribution < 1.29 is 14.3 Å². The first-order chi connectivity index (χ1) is 9.56. The molecule has 0 atom stereocenters. The quantitative estimate of drug-likeness (QED) is 0.561. The maximum absolute atomic E-state index is 11.8. The smallest absolute Gasteiger partial charge is 0.224 e. The highest BCUT2D eigenvalue weighted by Crippen LogP contribution is 2.27. The van der Waals surface area contributed by atoms with E-state index in [1.54, 1.807) is 26.4 Å². The molecule has 0 heterocycles. The van der Waals surface area contributed by atoms with E-state index in [2.05, 4.69) is 5.32 Å². The highest BCUT2D eigenvalue weighted by Gasteiger charge is 2.08. The Morgan fingerprint density at radius 1 is 1.30 bits per heavy atom. The molecule has 0 unspecified atom stereocenters. The summed E-state index contributed by atoms with van der Waals surface area (Å²) in [6.45, 7) is 0.573. The predicted octanol–water partition coefficient (Wildman–Crippen LogP) is 1.43. The summed E-state index contributed by atoms with van der Waals surface area (Å²) in [5, 5.41) is 2.83. The van der Waals surface area contributed by atoms with E-state index in [1.807, 2.05) is 6.07 Å². The summed E-state index contributed by atoms with van der Waals surface area (Å²) in [4.78, 5) is 12.2. The van der Waals surface area contributed by atoms with Crippen LogP contribution in [0.3, 0.4) is 0 Å². The third kappa shape index (κ3) is 5.44. The molecule has 1 rings (SSSR count). The number of rotatable bonds is 8. The number of methoxy groups -OCH3 is 2. The van der Waals surface area contributed by atoms with Gasteiger partial charge in [0.25, 0.3) is 0 Å². The van der Waals surface area contributed by atoms with Crippen LogP contribution in [0.4, 0.5) is 0 Å². The third-order valence-corrected chi connectivity index (χ3v) is 2.94. The number of ether oxygens (including phenoxy) is 2. The molecule has 20 heavy (non-hydrogen) atoms. The second kappa shape index (κ2) is 8.37. The van der Waals surface area contributed by atoms with Crippen LogP contribution in [-0.4, -0.2) is 31.7 Å². The summed E-state index contributed by atoms with van der Waals surface area (Å²) in [5.74, 6) is 1.22. The minimum absolute atomic E-state index is 0.0415. The summed E-state index contributed by atoms with van der Waals surface area (Å²) in [7, 11) is 3.14. The Kier molecular flexibility index (Phi) is 6.79. The Balaban J connectivity index is 2.47. The molecule has 1 aromatic carbocycles. The van der Waals surface area contributed by atoms with E-state index in [9.17, 15) is 4.79 Å². The van der Waals surface area contributed by atoms with Crippen LogP contribution in [-0.2, 0) is 11.2 Å². The van der Waals surface area contributed by atoms with Gasteiger partial charge in [-0.3, -0.25) is 4.79 Å². The molecule has 0 aliphatic heterocycles. The third-order valence-electron chi connectivity index (χ3n) is 2.73. The molecule has 0 aliphatic carbocycles. The number of hydrogen-bond donors (Lipinski definition) is 2. The van der Waals surface area contributed by atoms with Crippen molar-refractivity contribution in [2.24, 2.45) is 5.73 Å². The minimum atomic E-state index is -0.0415. The Morgan fingerprint density at radius 3 is 2.60 bits per heavy atom. The summed E-state index contributed by atoms with van der Waals surface area (Å²) in [6.07, 6.45) is 1.70. The van der Waals surface area contributed by atoms with Gasteiger partial charge >= 0.3 is 0 Å². The van der Waals surface area contributed by atoms with Gasteiger partial charge in [-0.1, -0.05) is 18.3 Å². The standard InChI is InChI=1S/C14H20N2O3S/c1-18-11-6-5-10(8-12(11)19-2)9-14(17)16-7-3-4-13(15)20/h5-6,8H,3-4,7,9H2,1-2H3,(H2,15,20)(H,16,17). The van der Waals surface area contributed by atoms with Gasteiger partial charge < -0.3 is 20.5 Å². The molecule has 0 radical (unpaired) electrons. The lowest BCUT2D eigenvalue weighted by atomic mass is 10.1. The number of benzene rings is 1. The molecule has 3 N–H and O–H groups in total. The minimum Gasteiger partial charge on any atom is -0.493 e. The maximum atomic E-state index is 11.8. The van der Waals surface area contributed by atoms with Gasteiger partial charge in [0.2, 0.25) is 5.91 Å². The first-order valence-corrected chi connectivity index (χ1v) is 6.73. The Labute approximate surface area is 124 Å². The van der Waals surface area contributed by atoms with Crippen molar-refractivity contribution in [3.05, 3.63) is 23.8 Å². The van der Waals surface area contributed by atoms with E-state index >= 15 is 0 Å². The molecule has 110 valence electrons. The summed E-state index contributed by atoms with van der Waals surface area (Å²) in [6, 6.07) is 5.43. The monoisotopic (exact) mass is 296 g/mol. The van der Waals surface area contributed by atoms with Crippen molar-refractivity contribution in [3.63, 3.8) is 0 Å². The van der Waals surface area contributed by atoms with Gasteiger partial charge in [0.15, 0.2) is 11.5 Å². The van der Waals surface area contributed by atoms with Gasteiger partial charge in [-0.05, 0) is 30.5 Å². The summed E-state index contributed by atoms with van der Waals surface area (Å²) < 4.78 is 10.3. The average Bonchev–Trinajstić information content (AvgIpc) is 2.43. The highest BCUT2D eigenvalue weighted by molar-refractivity contribution is 7.80. The zero-order valence-electron chi connectivity index (χ0n) is 11.8. The molecule has 0 saturated heterocycles. The highest BCUT2D eigenvalue weighted by atomic mass is 32.1. The van der Waals surface area contributed by atoms with Crippen molar-refractivity contribution in [1.82, 2.24) is 5.32 Å². The number of carbonyl (C=O) groups is 1. The van der Waals surface area contributed by atoms with Crippen LogP contribution in [0.2, 0.25) is 0 Å². The largest absolute Gasteiger partial charge is 0.493 e. The molecule has 1 amide bonds. The Bertz CT molecular complexity index is 477. The first-order valence-electron chi connectivity index (χ1n) is 6.32. The zero-order valence-corrected chi connectivity index (χ0v) is 12.6. The average molecular weight is 296 g/mol. The maximum Gasteiger partial charge on any atom is 0.224 e. The van der Waals surface area contributed by atoms with Gasteiger partial charge in [-0.25, -0.2) is 0 Å². The van der Waals surface area contributed by atoms with Gasteiger partial charge in [0.1, 0.15) is 0 Å². The molecule has 1 aromatic rings. The van der Waals surface area contributed by atoms with Crippen LogP contribution in [0.15, 0.2) is 18.2 Å². The lowest BCUT2D eigenvalue weighted by Gasteiger charge is -2.10. The molecular formula is C14H20N2O3S. The van der Waals surface area contributed by atoms with E-state index in [1.165, 1.54) is 0 Å². The van der Waals surface area contributed by atoms with Crippen LogP contribution in [0.1, 0.15) is 18.4 Å². The lowest BCUT2D eigenvalue weighted by Crippen LogP contribution is -2.26. The van der Waals surface area contributed by atoms with Gasteiger partial charge in [0.05, 0.1) is 25.6 Å². The molecule has 0 saturated carbocycles. The topological polar surface area (TPSA) is 73.6 Å². The molecule has 0 aromatic heterocycles. The second-order valence-corrected chi connectivity index (χ2v) is 4.81. The Hall–Kier alpha value is -1.82. The van der Waals surface area contributed by atoms with E-state index in [0.717, 1.165) is 12.0 Å². The summed E-state index contributed by atoms with van der Waals surface area (Å²) in [5.41, 5.74) is 6.26. The number of carbonyl (C=O) groups excluding carboxylic acids is 1. The van der Waals surface area contributed by atoms with Crippen molar-refractivity contribution in [2.45, 2.75) is 19.3 Å². The number of nitrogens with one attached hydrogen (secondary N) is 1. The molecule has 0 fully saturated rings. The van der Waals surface area contributed by atoms with Crippen molar-refractivity contribution in [3.8, 4) is 11.5 Å². The molecular weight excluding hydrogens is 276 g/mol. The van der Waals surface area contributed by atoms with E-state index in [0.29, 0.717) is 35.9 Å². The van der Waals surface area contributed by atoms with E-state index < -0.39 is 0 Å². The van der Waals surface area contributed by atoms with Crippen LogP contribution in [0, 0.1) is 0 Å². The summed E-state index contributed by atoms with van der Waals surface area (Å²) >= 11 is 4.77. The lowest BCUT2D eigenvalue weighted by molar-refractivity contribution is -0.120. The number of hydrogen-bond acceptors (Lipinski definition) is 4. The van der Waals surface area contributed by atoms with Crippen LogP contribution in [0.25, 0.3) is 0 Å². The van der Waals surface area contributed by atoms with Gasteiger partial charge in [0, 0.05) is 6.54 Å². The molecule has 0 bridgehead atoms. The Morgan fingerprint density at radius 2 is 2.00 bits per heavy atom. The van der Waals surface area contributed by atoms with Crippen molar-refractivity contribution in [2.75, 3.05) is 20.8 Å². The van der Waals surface area contributed by atoms with Gasteiger partial charge in [-0.15, -0.1) is 0 Å². The van der Waals surface area contributed by atoms with Crippen molar-refractivity contribution >= 4 is 23.1 Å². The zero-order chi connectivity index (χ0) is 15.0. The van der Waals surface area contributed by atoms with E-state index in [4.69, 9.17) is 27.4 Å². The van der Waals surface area contributed by atoms with Crippen LogP contribution >= 0.6 is 12.2 Å². The number of nitrogens with two attached hydrogens (primary N) is 1. The molecule has 0 aliphatic rings. The molecule has 6 heteroatoms. The van der Waals surface area contributed by atoms with Crippen molar-refractivity contribution in [1.29, 1.82) is 0 Å². The van der Waals surface area contributed by atoms with Crippen LogP contribution < -0.4 is 20.5 Å². The molecule has 5 nitrogen and oxygen atoms in total. The number of amides is 1. The second-order valence-electron chi connectivity index (χ2n) is 4.29. The number of thiocarbonyl (C=S) groups is 1. The van der Waals surface area contributed by atoms with E-state index in [-0.39, 0.29) is 5.91 Å². The first kappa shape index (κ1) is 16.2. The molecule has 0 spiro atoms.